The number of carbonyl (C=O) groups excluding carboxylic acids is 2. The third-order valence-corrected chi connectivity index (χ3v) is 8.84. The van der Waals surface area contributed by atoms with Crippen LogP contribution in [0.5, 0.6) is 23.0 Å². The average molecular weight is 628 g/mol. The number of hydrogen-bond acceptors (Lipinski definition) is 8. The van der Waals surface area contributed by atoms with Gasteiger partial charge in [-0.25, -0.2) is 8.42 Å². The van der Waals surface area contributed by atoms with Crippen LogP contribution in [-0.4, -0.2) is 72.7 Å². The van der Waals surface area contributed by atoms with E-state index in [9.17, 15) is 18.0 Å². The van der Waals surface area contributed by atoms with Gasteiger partial charge in [-0.3, -0.25) is 13.9 Å². The molecule has 0 bridgehead atoms. The van der Waals surface area contributed by atoms with Gasteiger partial charge in [0.25, 0.3) is 10.0 Å². The summed E-state index contributed by atoms with van der Waals surface area (Å²) in [7, 11) is 1.27. The zero-order chi connectivity index (χ0) is 32.4. The smallest absolute Gasteiger partial charge is 0.265 e. The maximum absolute atomic E-state index is 14.4. The second kappa shape index (κ2) is 15.3. The first kappa shape index (κ1) is 34.0. The zero-order valence-corrected chi connectivity index (χ0v) is 27.1. The average Bonchev–Trinajstić information content (AvgIpc) is 3.03. The summed E-state index contributed by atoms with van der Waals surface area (Å²) in [6, 6.07) is 15.6. The molecule has 0 radical (unpaired) electrons. The first-order chi connectivity index (χ1) is 21.0. The standard InChI is InChI=1S/C32H41N3O8S/c1-8-26(32(37)33-9-2)34(20-23-12-10-22(3)11-13-23)31(36)21-35(27-18-24(40-4)14-16-28(27)41-5)44(38,39)25-15-17-29(42-6)30(19-25)43-7/h10-19,26H,8-9,20-21H2,1-7H3,(H,33,37). The number of rotatable bonds is 15. The highest BCUT2D eigenvalue weighted by Gasteiger charge is 2.35. The third-order valence-electron chi connectivity index (χ3n) is 7.09. The van der Waals surface area contributed by atoms with Gasteiger partial charge >= 0.3 is 0 Å². The minimum atomic E-state index is -4.43. The largest absolute Gasteiger partial charge is 0.497 e. The van der Waals surface area contributed by atoms with Crippen molar-refractivity contribution >= 4 is 27.5 Å². The molecule has 1 atom stereocenters. The van der Waals surface area contributed by atoms with Gasteiger partial charge in [0.2, 0.25) is 11.8 Å². The van der Waals surface area contributed by atoms with Gasteiger partial charge in [-0.05, 0) is 50.1 Å². The summed E-state index contributed by atoms with van der Waals surface area (Å²) in [5.41, 5.74) is 1.91. The molecule has 12 heteroatoms. The molecule has 11 nitrogen and oxygen atoms in total. The Kier molecular flexibility index (Phi) is 11.9. The SMILES string of the molecule is CCNC(=O)C(CC)N(Cc1ccc(C)cc1)C(=O)CN(c1cc(OC)ccc1OC)S(=O)(=O)c1ccc(OC)c(OC)c1. The Balaban J connectivity index is 2.19. The van der Waals surface area contributed by atoms with Crippen molar-refractivity contribution < 1.29 is 37.0 Å². The number of amides is 2. The van der Waals surface area contributed by atoms with Crippen molar-refractivity contribution in [3.05, 3.63) is 71.8 Å². The Labute approximate surface area is 259 Å². The van der Waals surface area contributed by atoms with Crippen LogP contribution in [-0.2, 0) is 26.2 Å². The molecule has 1 N–H and O–H groups in total. The third kappa shape index (κ3) is 7.73. The van der Waals surface area contributed by atoms with Crippen LogP contribution in [0.3, 0.4) is 0 Å². The van der Waals surface area contributed by atoms with Crippen LogP contribution in [0, 0.1) is 6.92 Å². The van der Waals surface area contributed by atoms with E-state index < -0.39 is 28.5 Å². The molecule has 0 saturated heterocycles. The molecule has 0 aliphatic heterocycles. The summed E-state index contributed by atoms with van der Waals surface area (Å²) in [5.74, 6) is 0.168. The highest BCUT2D eigenvalue weighted by molar-refractivity contribution is 7.92. The number of likely N-dealkylation sites (N-methyl/N-ethyl adjacent to an activating group) is 1. The van der Waals surface area contributed by atoms with Crippen molar-refractivity contribution in [1.82, 2.24) is 10.2 Å². The molecule has 3 rings (SSSR count). The minimum absolute atomic E-state index is 0.0799. The number of benzene rings is 3. The number of ether oxygens (including phenoxy) is 4. The van der Waals surface area contributed by atoms with Crippen LogP contribution in [0.4, 0.5) is 5.69 Å². The number of methoxy groups -OCH3 is 4. The molecule has 2 amide bonds. The van der Waals surface area contributed by atoms with Gasteiger partial charge in [0.05, 0.1) is 39.0 Å². The normalized spacial score (nSPS) is 11.7. The van der Waals surface area contributed by atoms with E-state index in [0.29, 0.717) is 24.5 Å². The lowest BCUT2D eigenvalue weighted by Gasteiger charge is -2.33. The van der Waals surface area contributed by atoms with E-state index in [-0.39, 0.29) is 34.5 Å². The van der Waals surface area contributed by atoms with Crippen LogP contribution in [0.1, 0.15) is 31.4 Å². The topological polar surface area (TPSA) is 124 Å². The summed E-state index contributed by atoms with van der Waals surface area (Å²) >= 11 is 0. The molecule has 44 heavy (non-hydrogen) atoms. The van der Waals surface area contributed by atoms with Gasteiger partial charge < -0.3 is 29.2 Å². The van der Waals surface area contributed by atoms with Crippen LogP contribution in [0.25, 0.3) is 0 Å². The van der Waals surface area contributed by atoms with Gasteiger partial charge in [0.15, 0.2) is 11.5 Å². The van der Waals surface area contributed by atoms with Gasteiger partial charge in [-0.1, -0.05) is 36.8 Å². The number of nitrogens with one attached hydrogen (secondary N) is 1. The van der Waals surface area contributed by atoms with E-state index in [4.69, 9.17) is 18.9 Å². The number of aryl methyl sites for hydroxylation is 1. The molecule has 0 aromatic heterocycles. The highest BCUT2D eigenvalue weighted by Crippen LogP contribution is 2.37. The fraction of sp³-hybridized carbons (Fsp3) is 0.375. The van der Waals surface area contributed by atoms with E-state index in [2.05, 4.69) is 5.32 Å². The Bertz CT molecular complexity index is 1540. The van der Waals surface area contributed by atoms with E-state index in [1.807, 2.05) is 31.2 Å². The van der Waals surface area contributed by atoms with Crippen molar-refractivity contribution in [3.8, 4) is 23.0 Å². The summed E-state index contributed by atoms with van der Waals surface area (Å²) in [5, 5.41) is 2.80. The van der Waals surface area contributed by atoms with Gasteiger partial charge in [-0.15, -0.1) is 0 Å². The Hall–Kier alpha value is -4.45. The van der Waals surface area contributed by atoms with Gasteiger partial charge in [0.1, 0.15) is 24.1 Å². The lowest BCUT2D eigenvalue weighted by molar-refractivity contribution is -0.140. The minimum Gasteiger partial charge on any atom is -0.497 e. The molecule has 0 aliphatic rings. The first-order valence-corrected chi connectivity index (χ1v) is 15.6. The molecule has 238 valence electrons. The Morgan fingerprint density at radius 1 is 0.818 bits per heavy atom. The molecule has 3 aromatic rings. The maximum Gasteiger partial charge on any atom is 0.265 e. The monoisotopic (exact) mass is 627 g/mol. The van der Waals surface area contributed by atoms with Crippen LogP contribution < -0.4 is 28.6 Å². The van der Waals surface area contributed by atoms with E-state index in [0.717, 1.165) is 15.4 Å². The highest BCUT2D eigenvalue weighted by atomic mass is 32.2. The fourth-order valence-corrected chi connectivity index (χ4v) is 6.14. The van der Waals surface area contributed by atoms with E-state index in [1.165, 1.54) is 57.6 Å². The first-order valence-electron chi connectivity index (χ1n) is 14.1. The molecular formula is C32H41N3O8S. The number of sulfonamides is 1. The molecule has 0 aliphatic carbocycles. The molecule has 0 heterocycles. The number of hydrogen-bond donors (Lipinski definition) is 1. The summed E-state index contributed by atoms with van der Waals surface area (Å²) in [6.07, 6.45) is 0.314. The number of anilines is 1. The van der Waals surface area contributed by atoms with Gasteiger partial charge in [-0.2, -0.15) is 0 Å². The number of carbonyl (C=O) groups is 2. The fourth-order valence-electron chi connectivity index (χ4n) is 4.71. The van der Waals surface area contributed by atoms with Crippen molar-refractivity contribution in [3.63, 3.8) is 0 Å². The molecule has 3 aromatic carbocycles. The zero-order valence-electron chi connectivity index (χ0n) is 26.2. The Morgan fingerprint density at radius 2 is 1.45 bits per heavy atom. The molecule has 0 spiro atoms. The van der Waals surface area contributed by atoms with E-state index in [1.54, 1.807) is 26.0 Å². The lowest BCUT2D eigenvalue weighted by atomic mass is 10.1. The predicted octanol–water partition coefficient (Wildman–Crippen LogP) is 4.17. The van der Waals surface area contributed by atoms with Crippen LogP contribution >= 0.6 is 0 Å². The Morgan fingerprint density at radius 3 is 2.02 bits per heavy atom. The second-order valence-electron chi connectivity index (χ2n) is 9.89. The molecule has 1 unspecified atom stereocenters. The summed E-state index contributed by atoms with van der Waals surface area (Å²) in [4.78, 5) is 28.7. The van der Waals surface area contributed by atoms with E-state index >= 15 is 0 Å². The molecular weight excluding hydrogens is 586 g/mol. The quantitative estimate of drug-likeness (QED) is 0.266. The van der Waals surface area contributed by atoms with Gasteiger partial charge in [0, 0.05) is 25.2 Å². The maximum atomic E-state index is 14.4. The van der Waals surface area contributed by atoms with Crippen molar-refractivity contribution in [1.29, 1.82) is 0 Å². The number of nitrogens with zero attached hydrogens (tertiary/aromatic N) is 2. The molecule has 0 saturated carbocycles. The lowest BCUT2D eigenvalue weighted by Crippen LogP contribution is -2.52. The van der Waals surface area contributed by atoms with Crippen molar-refractivity contribution in [2.75, 3.05) is 45.8 Å². The second-order valence-corrected chi connectivity index (χ2v) is 11.8. The van der Waals surface area contributed by atoms with Crippen LogP contribution in [0.2, 0.25) is 0 Å². The van der Waals surface area contributed by atoms with Crippen LogP contribution in [0.15, 0.2) is 65.6 Å². The predicted molar refractivity (Wildman–Crippen MR) is 168 cm³/mol. The van der Waals surface area contributed by atoms with Crippen molar-refractivity contribution in [2.24, 2.45) is 0 Å². The van der Waals surface area contributed by atoms with Crippen molar-refractivity contribution in [2.45, 2.75) is 44.7 Å². The summed E-state index contributed by atoms with van der Waals surface area (Å²) in [6.45, 7) is 5.38. The molecule has 0 fully saturated rings. The summed E-state index contributed by atoms with van der Waals surface area (Å²) < 4.78 is 51.3.